The largest absolute Gasteiger partial charge is 0.363 e. The highest BCUT2D eigenvalue weighted by Gasteiger charge is 2.05. The van der Waals surface area contributed by atoms with Crippen LogP contribution in [-0.4, -0.2) is 24.8 Å². The lowest BCUT2D eigenvalue weighted by Crippen LogP contribution is -2.01. The first-order chi connectivity index (χ1) is 8.72. The van der Waals surface area contributed by atoms with E-state index in [1.807, 2.05) is 24.0 Å². The second kappa shape index (κ2) is 4.14. The van der Waals surface area contributed by atoms with Crippen LogP contribution < -0.4 is 5.32 Å². The number of hydrogen-bond acceptors (Lipinski definition) is 4. The van der Waals surface area contributed by atoms with Gasteiger partial charge in [0.2, 0.25) is 0 Å². The SMILES string of the molecule is Cn1cc2cccc(CNc3cnn(C)n3)c2n1. The number of aromatic nitrogens is 5. The van der Waals surface area contributed by atoms with Crippen LogP contribution in [0.4, 0.5) is 5.82 Å². The van der Waals surface area contributed by atoms with E-state index in [1.165, 1.54) is 4.80 Å². The molecule has 0 bridgehead atoms. The molecule has 6 heteroatoms. The average molecular weight is 242 g/mol. The van der Waals surface area contributed by atoms with E-state index in [1.54, 1.807) is 13.2 Å². The minimum Gasteiger partial charge on any atom is -0.363 e. The third-order valence-electron chi connectivity index (χ3n) is 2.79. The predicted octanol–water partition coefficient (Wildman–Crippen LogP) is 1.31. The molecule has 0 saturated carbocycles. The molecule has 3 rings (SSSR count). The average Bonchev–Trinajstić information content (AvgIpc) is 2.91. The minimum atomic E-state index is 0.688. The number of benzene rings is 1. The Hall–Kier alpha value is -2.37. The molecule has 0 amide bonds. The summed E-state index contributed by atoms with van der Waals surface area (Å²) in [5.74, 6) is 0.769. The van der Waals surface area contributed by atoms with Crippen LogP contribution in [0, 0.1) is 0 Å². The van der Waals surface area contributed by atoms with Crippen molar-refractivity contribution in [2.75, 3.05) is 5.32 Å². The number of rotatable bonds is 3. The van der Waals surface area contributed by atoms with Gasteiger partial charge in [-0.1, -0.05) is 18.2 Å². The molecule has 92 valence electrons. The molecule has 2 heterocycles. The molecule has 0 radical (unpaired) electrons. The number of aryl methyl sites for hydroxylation is 2. The molecule has 0 unspecified atom stereocenters. The van der Waals surface area contributed by atoms with Crippen LogP contribution in [0.5, 0.6) is 0 Å². The number of fused-ring (bicyclic) bond motifs is 1. The normalized spacial score (nSPS) is 11.0. The smallest absolute Gasteiger partial charge is 0.168 e. The molecular formula is C12H14N6. The highest BCUT2D eigenvalue weighted by atomic mass is 15.5. The van der Waals surface area contributed by atoms with E-state index in [2.05, 4.69) is 32.7 Å². The summed E-state index contributed by atoms with van der Waals surface area (Å²) in [5.41, 5.74) is 2.18. The molecule has 0 aliphatic rings. The summed E-state index contributed by atoms with van der Waals surface area (Å²) in [7, 11) is 3.73. The van der Waals surface area contributed by atoms with Crippen molar-refractivity contribution in [3.63, 3.8) is 0 Å². The molecule has 1 N–H and O–H groups in total. The number of nitrogens with zero attached hydrogens (tertiary/aromatic N) is 5. The van der Waals surface area contributed by atoms with Crippen molar-refractivity contribution in [2.24, 2.45) is 14.1 Å². The van der Waals surface area contributed by atoms with E-state index >= 15 is 0 Å². The van der Waals surface area contributed by atoms with Crippen LogP contribution in [0.15, 0.2) is 30.6 Å². The lowest BCUT2D eigenvalue weighted by atomic mass is 10.1. The van der Waals surface area contributed by atoms with Gasteiger partial charge in [0.05, 0.1) is 11.7 Å². The van der Waals surface area contributed by atoms with Gasteiger partial charge in [-0.25, -0.2) is 0 Å². The summed E-state index contributed by atoms with van der Waals surface area (Å²) in [6.45, 7) is 0.688. The van der Waals surface area contributed by atoms with Gasteiger partial charge in [-0.15, -0.1) is 5.10 Å². The first-order valence-electron chi connectivity index (χ1n) is 5.74. The third kappa shape index (κ3) is 1.92. The van der Waals surface area contributed by atoms with E-state index in [0.717, 1.165) is 22.3 Å². The maximum Gasteiger partial charge on any atom is 0.168 e. The Morgan fingerprint density at radius 2 is 2.11 bits per heavy atom. The van der Waals surface area contributed by atoms with Gasteiger partial charge in [0.1, 0.15) is 0 Å². The van der Waals surface area contributed by atoms with Gasteiger partial charge >= 0.3 is 0 Å². The molecule has 0 aliphatic carbocycles. The highest BCUT2D eigenvalue weighted by molar-refractivity contribution is 5.81. The quantitative estimate of drug-likeness (QED) is 0.752. The zero-order chi connectivity index (χ0) is 12.5. The maximum atomic E-state index is 4.47. The Morgan fingerprint density at radius 1 is 1.22 bits per heavy atom. The second-order valence-corrected chi connectivity index (χ2v) is 4.23. The van der Waals surface area contributed by atoms with Gasteiger partial charge in [-0.2, -0.15) is 15.0 Å². The van der Waals surface area contributed by atoms with Crippen molar-refractivity contribution in [1.82, 2.24) is 24.8 Å². The van der Waals surface area contributed by atoms with Gasteiger partial charge < -0.3 is 5.32 Å². The van der Waals surface area contributed by atoms with E-state index in [0.29, 0.717) is 6.54 Å². The molecule has 2 aromatic heterocycles. The van der Waals surface area contributed by atoms with Crippen molar-refractivity contribution in [2.45, 2.75) is 6.54 Å². The fourth-order valence-corrected chi connectivity index (χ4v) is 1.98. The predicted molar refractivity (Wildman–Crippen MR) is 69.0 cm³/mol. The van der Waals surface area contributed by atoms with Crippen molar-refractivity contribution in [1.29, 1.82) is 0 Å². The first kappa shape index (κ1) is 10.8. The van der Waals surface area contributed by atoms with Gasteiger partial charge in [-0.3, -0.25) is 4.68 Å². The second-order valence-electron chi connectivity index (χ2n) is 4.23. The molecule has 1 aromatic carbocycles. The van der Waals surface area contributed by atoms with Gasteiger partial charge in [0, 0.05) is 32.2 Å². The van der Waals surface area contributed by atoms with Gasteiger partial charge in [0.15, 0.2) is 5.82 Å². The van der Waals surface area contributed by atoms with Gasteiger partial charge in [-0.05, 0) is 5.56 Å². The molecule has 0 atom stereocenters. The summed E-state index contributed by atoms with van der Waals surface area (Å²) < 4.78 is 1.83. The fourth-order valence-electron chi connectivity index (χ4n) is 1.98. The summed E-state index contributed by atoms with van der Waals surface area (Å²) in [5, 5.41) is 17.1. The molecule has 0 aliphatic heterocycles. The Labute approximate surface area is 104 Å². The van der Waals surface area contributed by atoms with Crippen LogP contribution in [0.3, 0.4) is 0 Å². The maximum absolute atomic E-state index is 4.47. The highest BCUT2D eigenvalue weighted by Crippen LogP contribution is 2.17. The van der Waals surface area contributed by atoms with Crippen molar-refractivity contribution >= 4 is 16.7 Å². The Kier molecular flexibility index (Phi) is 2.47. The standard InChI is InChI=1S/C12H14N6/c1-17-8-10-5-3-4-9(12(10)16-17)6-13-11-7-14-18(2)15-11/h3-5,7-8H,6H2,1-2H3,(H,13,15). The van der Waals surface area contributed by atoms with Crippen molar-refractivity contribution < 1.29 is 0 Å². The van der Waals surface area contributed by atoms with E-state index < -0.39 is 0 Å². The van der Waals surface area contributed by atoms with E-state index in [4.69, 9.17) is 0 Å². The summed E-state index contributed by atoms with van der Waals surface area (Å²) >= 11 is 0. The Bertz CT molecular complexity index is 681. The topological polar surface area (TPSA) is 60.6 Å². The molecule has 0 fully saturated rings. The molecular weight excluding hydrogens is 228 g/mol. The van der Waals surface area contributed by atoms with Crippen LogP contribution in [0.2, 0.25) is 0 Å². The minimum absolute atomic E-state index is 0.688. The zero-order valence-electron chi connectivity index (χ0n) is 10.3. The molecule has 18 heavy (non-hydrogen) atoms. The van der Waals surface area contributed by atoms with Crippen LogP contribution in [0.1, 0.15) is 5.56 Å². The van der Waals surface area contributed by atoms with Crippen LogP contribution >= 0.6 is 0 Å². The summed E-state index contributed by atoms with van der Waals surface area (Å²) in [6.07, 6.45) is 3.72. The molecule has 3 aromatic rings. The lowest BCUT2D eigenvalue weighted by Gasteiger charge is -2.03. The molecule has 0 saturated heterocycles. The van der Waals surface area contributed by atoms with E-state index in [-0.39, 0.29) is 0 Å². The fraction of sp³-hybridized carbons (Fsp3) is 0.250. The number of hydrogen-bond donors (Lipinski definition) is 1. The summed E-state index contributed by atoms with van der Waals surface area (Å²) in [4.78, 5) is 1.53. The lowest BCUT2D eigenvalue weighted by molar-refractivity contribution is 0.655. The van der Waals surface area contributed by atoms with E-state index in [9.17, 15) is 0 Å². The zero-order valence-corrected chi connectivity index (χ0v) is 10.3. The van der Waals surface area contributed by atoms with Crippen LogP contribution in [-0.2, 0) is 20.6 Å². The van der Waals surface area contributed by atoms with Crippen molar-refractivity contribution in [3.05, 3.63) is 36.2 Å². The molecule has 6 nitrogen and oxygen atoms in total. The third-order valence-corrected chi connectivity index (χ3v) is 2.79. The molecule has 0 spiro atoms. The summed E-state index contributed by atoms with van der Waals surface area (Å²) in [6, 6.07) is 6.17. The van der Waals surface area contributed by atoms with Gasteiger partial charge in [0.25, 0.3) is 0 Å². The number of anilines is 1. The number of nitrogens with one attached hydrogen (secondary N) is 1. The Balaban J connectivity index is 1.86. The monoisotopic (exact) mass is 242 g/mol. The first-order valence-corrected chi connectivity index (χ1v) is 5.74. The van der Waals surface area contributed by atoms with Crippen molar-refractivity contribution in [3.8, 4) is 0 Å². The Morgan fingerprint density at radius 3 is 2.89 bits per heavy atom. The van der Waals surface area contributed by atoms with Crippen LogP contribution in [0.25, 0.3) is 10.9 Å².